The Morgan fingerprint density at radius 2 is 1.86 bits per heavy atom. The van der Waals surface area contributed by atoms with Crippen molar-refractivity contribution in [2.24, 2.45) is 0 Å². The van der Waals surface area contributed by atoms with E-state index < -0.39 is 6.10 Å². The summed E-state index contributed by atoms with van der Waals surface area (Å²) in [5.74, 6) is 0.519. The molecule has 2 aromatic rings. The first kappa shape index (κ1) is 16.1. The number of benzene rings is 1. The number of aliphatic hydroxyl groups is 1. The van der Waals surface area contributed by atoms with E-state index in [4.69, 9.17) is 4.42 Å². The average Bonchev–Trinajstić information content (AvgIpc) is 3.07. The van der Waals surface area contributed by atoms with Crippen LogP contribution in [0.2, 0.25) is 0 Å². The monoisotopic (exact) mass is 302 g/mol. The molecule has 0 aliphatic rings. The van der Waals surface area contributed by atoms with Gasteiger partial charge in [-0.1, -0.05) is 30.3 Å². The number of amides is 2. The molecule has 0 saturated carbocycles. The van der Waals surface area contributed by atoms with Gasteiger partial charge in [-0.15, -0.1) is 0 Å². The zero-order valence-electron chi connectivity index (χ0n) is 12.5. The summed E-state index contributed by atoms with van der Waals surface area (Å²) < 4.78 is 5.10. The van der Waals surface area contributed by atoms with Gasteiger partial charge in [-0.25, -0.2) is 4.79 Å². The van der Waals surface area contributed by atoms with E-state index >= 15 is 0 Å². The zero-order valence-corrected chi connectivity index (χ0v) is 12.5. The maximum atomic E-state index is 11.6. The summed E-state index contributed by atoms with van der Waals surface area (Å²) in [6, 6.07) is 13.4. The van der Waals surface area contributed by atoms with E-state index in [0.717, 1.165) is 12.8 Å². The number of hydrogen-bond acceptors (Lipinski definition) is 3. The molecule has 2 rings (SSSR count). The molecule has 0 bridgehead atoms. The number of urea groups is 1. The van der Waals surface area contributed by atoms with Gasteiger partial charge in [0.1, 0.15) is 11.9 Å². The molecular weight excluding hydrogens is 280 g/mol. The molecule has 3 N–H and O–H groups in total. The van der Waals surface area contributed by atoms with Gasteiger partial charge in [0.05, 0.1) is 6.26 Å². The van der Waals surface area contributed by atoms with Crippen LogP contribution >= 0.6 is 0 Å². The summed E-state index contributed by atoms with van der Waals surface area (Å²) in [6.07, 6.45) is 3.09. The fourth-order valence-electron chi connectivity index (χ4n) is 2.15. The molecule has 1 heterocycles. The predicted molar refractivity (Wildman–Crippen MR) is 84.4 cm³/mol. The summed E-state index contributed by atoms with van der Waals surface area (Å²) in [5, 5.41) is 15.3. The van der Waals surface area contributed by atoms with E-state index in [0.29, 0.717) is 25.3 Å². The zero-order chi connectivity index (χ0) is 15.6. The summed E-state index contributed by atoms with van der Waals surface area (Å²) in [6.45, 7) is 1.02. The van der Waals surface area contributed by atoms with Crippen LogP contribution in [0.1, 0.15) is 30.3 Å². The van der Waals surface area contributed by atoms with Gasteiger partial charge in [-0.05, 0) is 37.0 Å². The minimum absolute atomic E-state index is 0.209. The highest BCUT2D eigenvalue weighted by molar-refractivity contribution is 5.73. The minimum Gasteiger partial charge on any atom is -0.467 e. The van der Waals surface area contributed by atoms with E-state index in [1.165, 1.54) is 11.8 Å². The van der Waals surface area contributed by atoms with Crippen LogP contribution in [0, 0.1) is 0 Å². The third-order valence-electron chi connectivity index (χ3n) is 3.35. The van der Waals surface area contributed by atoms with E-state index in [9.17, 15) is 9.90 Å². The van der Waals surface area contributed by atoms with Crippen LogP contribution in [0.4, 0.5) is 4.79 Å². The molecule has 118 valence electrons. The highest BCUT2D eigenvalue weighted by Crippen LogP contribution is 2.15. The van der Waals surface area contributed by atoms with Crippen LogP contribution < -0.4 is 10.6 Å². The number of aryl methyl sites for hydroxylation is 1. The lowest BCUT2D eigenvalue weighted by atomic mass is 10.1. The second kappa shape index (κ2) is 8.89. The number of carbonyl (C=O) groups excluding carboxylic acids is 1. The van der Waals surface area contributed by atoms with Gasteiger partial charge in [0.15, 0.2) is 0 Å². The van der Waals surface area contributed by atoms with Crippen LogP contribution in [-0.4, -0.2) is 24.2 Å². The van der Waals surface area contributed by atoms with Crippen LogP contribution in [-0.2, 0) is 6.42 Å². The fourth-order valence-corrected chi connectivity index (χ4v) is 2.15. The number of furan rings is 1. The number of rotatable bonds is 8. The lowest BCUT2D eigenvalue weighted by Crippen LogP contribution is -2.37. The molecule has 0 aliphatic heterocycles. The Kier molecular flexibility index (Phi) is 6.51. The fraction of sp³-hybridized carbons (Fsp3) is 0.353. The molecule has 0 saturated heterocycles. The molecule has 0 aliphatic carbocycles. The molecule has 5 nitrogen and oxygen atoms in total. The van der Waals surface area contributed by atoms with Gasteiger partial charge < -0.3 is 20.2 Å². The topological polar surface area (TPSA) is 74.5 Å². The van der Waals surface area contributed by atoms with Gasteiger partial charge in [0, 0.05) is 13.1 Å². The molecule has 22 heavy (non-hydrogen) atoms. The van der Waals surface area contributed by atoms with Crippen LogP contribution in [0.15, 0.2) is 53.1 Å². The molecule has 0 fully saturated rings. The lowest BCUT2D eigenvalue weighted by Gasteiger charge is -2.10. The summed E-state index contributed by atoms with van der Waals surface area (Å²) in [4.78, 5) is 11.6. The minimum atomic E-state index is -0.687. The molecule has 5 heteroatoms. The highest BCUT2D eigenvalue weighted by Gasteiger charge is 2.10. The Balaban J connectivity index is 1.53. The molecule has 1 aromatic heterocycles. The first-order valence-corrected chi connectivity index (χ1v) is 7.53. The number of carbonyl (C=O) groups is 1. The number of nitrogens with one attached hydrogen (secondary N) is 2. The Morgan fingerprint density at radius 3 is 2.59 bits per heavy atom. The van der Waals surface area contributed by atoms with Gasteiger partial charge in [0.25, 0.3) is 0 Å². The molecular formula is C17H22N2O3. The standard InChI is InChI=1S/C17H22N2O3/c20-15(16-9-5-13-22-16)10-12-19-17(21)18-11-4-8-14-6-2-1-3-7-14/h1-3,5-7,9,13,15,20H,4,8,10-12H2,(H2,18,19,21). The molecule has 0 spiro atoms. The molecule has 1 unspecified atom stereocenters. The van der Waals surface area contributed by atoms with Crippen molar-refractivity contribution >= 4 is 6.03 Å². The average molecular weight is 302 g/mol. The Morgan fingerprint density at radius 1 is 1.09 bits per heavy atom. The van der Waals surface area contributed by atoms with Gasteiger partial charge in [-0.2, -0.15) is 0 Å². The summed E-state index contributed by atoms with van der Waals surface area (Å²) in [7, 11) is 0. The summed E-state index contributed by atoms with van der Waals surface area (Å²) >= 11 is 0. The van der Waals surface area contributed by atoms with Crippen molar-refractivity contribution in [2.45, 2.75) is 25.4 Å². The van der Waals surface area contributed by atoms with Crippen molar-refractivity contribution in [2.75, 3.05) is 13.1 Å². The van der Waals surface area contributed by atoms with E-state index in [2.05, 4.69) is 22.8 Å². The largest absolute Gasteiger partial charge is 0.467 e. The first-order chi connectivity index (χ1) is 10.8. The molecule has 0 radical (unpaired) electrons. The van der Waals surface area contributed by atoms with Crippen molar-refractivity contribution < 1.29 is 14.3 Å². The van der Waals surface area contributed by atoms with Gasteiger partial charge >= 0.3 is 6.03 Å². The highest BCUT2D eigenvalue weighted by atomic mass is 16.4. The van der Waals surface area contributed by atoms with Crippen molar-refractivity contribution in [3.05, 3.63) is 60.1 Å². The van der Waals surface area contributed by atoms with Crippen LogP contribution in [0.3, 0.4) is 0 Å². The first-order valence-electron chi connectivity index (χ1n) is 7.53. The Bertz CT molecular complexity index is 540. The van der Waals surface area contributed by atoms with E-state index in [-0.39, 0.29) is 6.03 Å². The van der Waals surface area contributed by atoms with Crippen molar-refractivity contribution in [1.29, 1.82) is 0 Å². The van der Waals surface area contributed by atoms with Crippen molar-refractivity contribution in [1.82, 2.24) is 10.6 Å². The van der Waals surface area contributed by atoms with Gasteiger partial charge in [0.2, 0.25) is 0 Å². The second-order valence-corrected chi connectivity index (χ2v) is 5.09. The van der Waals surface area contributed by atoms with Gasteiger partial charge in [-0.3, -0.25) is 0 Å². The Labute approximate surface area is 130 Å². The lowest BCUT2D eigenvalue weighted by molar-refractivity contribution is 0.140. The SMILES string of the molecule is O=C(NCCCc1ccccc1)NCCC(O)c1ccco1. The summed E-state index contributed by atoms with van der Waals surface area (Å²) in [5.41, 5.74) is 1.27. The van der Waals surface area contributed by atoms with Crippen LogP contribution in [0.25, 0.3) is 0 Å². The van der Waals surface area contributed by atoms with E-state index in [1.54, 1.807) is 12.1 Å². The quantitative estimate of drug-likeness (QED) is 0.656. The second-order valence-electron chi connectivity index (χ2n) is 5.09. The van der Waals surface area contributed by atoms with Crippen LogP contribution in [0.5, 0.6) is 0 Å². The third kappa shape index (κ3) is 5.61. The van der Waals surface area contributed by atoms with Crippen molar-refractivity contribution in [3.8, 4) is 0 Å². The number of aliphatic hydroxyl groups excluding tert-OH is 1. The Hall–Kier alpha value is -2.27. The third-order valence-corrected chi connectivity index (χ3v) is 3.35. The smallest absolute Gasteiger partial charge is 0.314 e. The molecule has 1 aromatic carbocycles. The maximum absolute atomic E-state index is 11.6. The van der Waals surface area contributed by atoms with E-state index in [1.807, 2.05) is 18.2 Å². The molecule has 2 amide bonds. The molecule has 1 atom stereocenters. The maximum Gasteiger partial charge on any atom is 0.314 e. The normalized spacial score (nSPS) is 11.9. The predicted octanol–water partition coefficient (Wildman–Crippen LogP) is 2.64. The van der Waals surface area contributed by atoms with Crippen molar-refractivity contribution in [3.63, 3.8) is 0 Å². The number of hydrogen-bond donors (Lipinski definition) is 3.